The van der Waals surface area contributed by atoms with Crippen LogP contribution in [0.1, 0.15) is 11.1 Å². The Bertz CT molecular complexity index is 1140. The van der Waals surface area contributed by atoms with Gasteiger partial charge in [0, 0.05) is 6.54 Å². The van der Waals surface area contributed by atoms with E-state index >= 15 is 0 Å². The molecule has 0 bridgehead atoms. The van der Waals surface area contributed by atoms with E-state index < -0.39 is 0 Å². The quantitative estimate of drug-likeness (QED) is 0.662. The maximum Gasteiger partial charge on any atom is 0.272 e. The molecule has 2 N–H and O–H groups in total. The third kappa shape index (κ3) is 5.31. The van der Waals surface area contributed by atoms with Gasteiger partial charge in [0.05, 0.1) is 0 Å². The minimum absolute atomic E-state index is 0.205. The first-order valence-corrected chi connectivity index (χ1v) is 9.00. The second-order valence-electron chi connectivity index (χ2n) is 6.66. The summed E-state index contributed by atoms with van der Waals surface area (Å²) in [5.41, 5.74) is 0.928. The van der Waals surface area contributed by atoms with E-state index in [1.807, 2.05) is 73.6 Å². The zero-order valence-corrected chi connectivity index (χ0v) is 15.9. The Hall–Kier alpha value is -3.38. The van der Waals surface area contributed by atoms with E-state index in [2.05, 4.69) is 9.97 Å². The molecule has 2 aromatic carbocycles. The van der Waals surface area contributed by atoms with Crippen LogP contribution in [-0.2, 0) is 0 Å². The van der Waals surface area contributed by atoms with Crippen LogP contribution >= 0.6 is 0 Å². The first-order valence-electron chi connectivity index (χ1n) is 9.00. The maximum atomic E-state index is 12.4. The highest BCUT2D eigenvalue weighted by atomic mass is 16.5. The van der Waals surface area contributed by atoms with Crippen LogP contribution in [0.3, 0.4) is 0 Å². The number of nitrogens with zero attached hydrogens (tertiary/aromatic N) is 1. The molecule has 0 fully saturated rings. The van der Waals surface area contributed by atoms with Gasteiger partial charge >= 0.3 is 0 Å². The Balaban J connectivity index is 1.85. The lowest BCUT2D eigenvalue weighted by Gasteiger charge is -2.10. The molecule has 1 aromatic heterocycles. The van der Waals surface area contributed by atoms with Crippen molar-refractivity contribution < 1.29 is 4.74 Å². The number of H-pyrrole nitrogens is 2. The lowest BCUT2D eigenvalue weighted by atomic mass is 10.2. The van der Waals surface area contributed by atoms with Crippen LogP contribution in [-0.4, -0.2) is 42.1 Å². The second-order valence-corrected chi connectivity index (χ2v) is 6.66. The van der Waals surface area contributed by atoms with E-state index in [0.717, 1.165) is 23.4 Å². The smallest absolute Gasteiger partial charge is 0.272 e. The van der Waals surface area contributed by atoms with E-state index in [4.69, 9.17) is 4.74 Å². The van der Waals surface area contributed by atoms with Crippen LogP contribution in [0.4, 0.5) is 0 Å². The number of benzene rings is 2. The van der Waals surface area contributed by atoms with Crippen LogP contribution in [0.25, 0.3) is 12.2 Å². The molecule has 0 aliphatic rings. The predicted octanol–water partition coefficient (Wildman–Crippen LogP) is 0.661. The molecular formula is C22H23N3O3. The molecule has 0 saturated heterocycles. The van der Waals surface area contributed by atoms with Gasteiger partial charge < -0.3 is 19.6 Å². The van der Waals surface area contributed by atoms with E-state index in [0.29, 0.717) is 6.61 Å². The summed E-state index contributed by atoms with van der Waals surface area (Å²) in [4.78, 5) is 32.0. The average molecular weight is 377 g/mol. The van der Waals surface area contributed by atoms with Crippen LogP contribution in [0, 0.1) is 0 Å². The largest absolute Gasteiger partial charge is 0.492 e. The van der Waals surface area contributed by atoms with Crippen molar-refractivity contribution in [1.29, 1.82) is 0 Å². The molecule has 1 heterocycles. The molecule has 6 heteroatoms. The van der Waals surface area contributed by atoms with Crippen molar-refractivity contribution in [2.24, 2.45) is 0 Å². The fraction of sp³-hybridized carbons (Fsp3) is 0.182. The first-order chi connectivity index (χ1) is 13.5. The molecule has 0 aliphatic heterocycles. The normalized spacial score (nSPS) is 12.5. The standard InChI is InChI=1S/C22H23N3O3/c1-25(2)12-13-28-18-10-8-17(9-11-18)15-20-22(27)23-19(21(26)24-20)14-16-6-4-3-5-7-16/h3-11,14-15H,12-13H2,1-2H3,(H,23,27)(H,24,26). The molecule has 0 spiro atoms. The lowest BCUT2D eigenvalue weighted by Crippen LogP contribution is -2.46. The molecular weight excluding hydrogens is 354 g/mol. The summed E-state index contributed by atoms with van der Waals surface area (Å²) in [6.07, 6.45) is 3.28. The van der Waals surface area contributed by atoms with Gasteiger partial charge in [-0.25, -0.2) is 0 Å². The lowest BCUT2D eigenvalue weighted by molar-refractivity contribution is 0.261. The fourth-order valence-corrected chi connectivity index (χ4v) is 2.59. The van der Waals surface area contributed by atoms with Gasteiger partial charge in [0.25, 0.3) is 11.1 Å². The number of ether oxygens (including phenoxy) is 1. The number of aromatic nitrogens is 2. The van der Waals surface area contributed by atoms with E-state index in [-0.39, 0.29) is 21.8 Å². The zero-order chi connectivity index (χ0) is 19.9. The number of hydrogen-bond acceptors (Lipinski definition) is 4. The Morgan fingerprint density at radius 3 is 1.89 bits per heavy atom. The van der Waals surface area contributed by atoms with Gasteiger partial charge in [-0.3, -0.25) is 9.59 Å². The number of aromatic amines is 2. The van der Waals surface area contributed by atoms with Gasteiger partial charge in [-0.2, -0.15) is 0 Å². The average Bonchev–Trinajstić information content (AvgIpc) is 2.68. The van der Waals surface area contributed by atoms with Crippen LogP contribution < -0.4 is 26.6 Å². The van der Waals surface area contributed by atoms with Gasteiger partial charge in [0.2, 0.25) is 0 Å². The third-order valence-electron chi connectivity index (χ3n) is 4.09. The Morgan fingerprint density at radius 2 is 1.36 bits per heavy atom. The SMILES string of the molecule is CN(C)CCOc1ccc(C=c2[nH]c(=O)c(=Cc3ccccc3)[nH]c2=O)cc1. The van der Waals surface area contributed by atoms with Crippen LogP contribution in [0.2, 0.25) is 0 Å². The van der Waals surface area contributed by atoms with Crippen molar-refractivity contribution >= 4 is 12.2 Å². The molecule has 0 radical (unpaired) electrons. The first kappa shape index (κ1) is 19.4. The van der Waals surface area contributed by atoms with Crippen LogP contribution in [0.15, 0.2) is 64.2 Å². The van der Waals surface area contributed by atoms with Crippen LogP contribution in [0.5, 0.6) is 5.75 Å². The molecule has 0 atom stereocenters. The minimum atomic E-state index is -0.354. The number of rotatable bonds is 6. The van der Waals surface area contributed by atoms with Gasteiger partial charge in [0.1, 0.15) is 23.1 Å². The summed E-state index contributed by atoms with van der Waals surface area (Å²) < 4.78 is 5.65. The number of nitrogens with one attached hydrogen (secondary N) is 2. The monoisotopic (exact) mass is 377 g/mol. The van der Waals surface area contributed by atoms with E-state index in [9.17, 15) is 9.59 Å². The molecule has 0 unspecified atom stereocenters. The molecule has 144 valence electrons. The van der Waals surface area contributed by atoms with Gasteiger partial charge in [-0.15, -0.1) is 0 Å². The number of likely N-dealkylation sites (N-methyl/N-ethyl adjacent to an activating group) is 1. The fourth-order valence-electron chi connectivity index (χ4n) is 2.59. The highest BCUT2D eigenvalue weighted by Gasteiger charge is 1.98. The van der Waals surface area contributed by atoms with Crippen molar-refractivity contribution in [2.75, 3.05) is 27.2 Å². The minimum Gasteiger partial charge on any atom is -0.492 e. The summed E-state index contributed by atoms with van der Waals surface area (Å²) in [7, 11) is 3.98. The molecule has 0 amide bonds. The summed E-state index contributed by atoms with van der Waals surface area (Å²) in [6.45, 7) is 1.43. The van der Waals surface area contributed by atoms with Crippen molar-refractivity contribution in [2.45, 2.75) is 0 Å². The molecule has 0 aliphatic carbocycles. The van der Waals surface area contributed by atoms with Gasteiger partial charge in [-0.1, -0.05) is 42.5 Å². The van der Waals surface area contributed by atoms with Crippen molar-refractivity contribution in [3.05, 3.63) is 97.1 Å². The topological polar surface area (TPSA) is 78.2 Å². The molecule has 0 saturated carbocycles. The molecule has 6 nitrogen and oxygen atoms in total. The van der Waals surface area contributed by atoms with Crippen molar-refractivity contribution in [3.8, 4) is 5.75 Å². The van der Waals surface area contributed by atoms with E-state index in [1.54, 1.807) is 12.2 Å². The summed E-state index contributed by atoms with van der Waals surface area (Å²) >= 11 is 0. The van der Waals surface area contributed by atoms with Gasteiger partial charge in [0.15, 0.2) is 0 Å². The van der Waals surface area contributed by atoms with Gasteiger partial charge in [-0.05, 0) is 49.5 Å². The second kappa shape index (κ2) is 9.01. The zero-order valence-electron chi connectivity index (χ0n) is 15.9. The third-order valence-corrected chi connectivity index (χ3v) is 4.09. The highest BCUT2D eigenvalue weighted by Crippen LogP contribution is 2.12. The Labute approximate surface area is 162 Å². The summed E-state index contributed by atoms with van der Waals surface area (Å²) in [5, 5.41) is 0.425. The predicted molar refractivity (Wildman–Crippen MR) is 111 cm³/mol. The van der Waals surface area contributed by atoms with E-state index in [1.165, 1.54) is 0 Å². The maximum absolute atomic E-state index is 12.4. The Kier molecular flexibility index (Phi) is 6.24. The summed E-state index contributed by atoms with van der Waals surface area (Å²) in [6, 6.07) is 16.7. The number of hydrogen-bond donors (Lipinski definition) is 2. The molecule has 28 heavy (non-hydrogen) atoms. The van der Waals surface area contributed by atoms with Crippen molar-refractivity contribution in [1.82, 2.24) is 14.9 Å². The summed E-state index contributed by atoms with van der Waals surface area (Å²) in [5.74, 6) is 0.759. The Morgan fingerprint density at radius 1 is 0.821 bits per heavy atom. The molecule has 3 rings (SSSR count). The van der Waals surface area contributed by atoms with Crippen molar-refractivity contribution in [3.63, 3.8) is 0 Å². The highest BCUT2D eigenvalue weighted by molar-refractivity contribution is 5.50. The molecule has 3 aromatic rings.